The number of rotatable bonds is 3. The quantitative estimate of drug-likeness (QED) is 0.670. The smallest absolute Gasteiger partial charge is 0.271 e. The first-order valence-electron chi connectivity index (χ1n) is 5.53. The third-order valence-electron chi connectivity index (χ3n) is 2.60. The lowest BCUT2D eigenvalue weighted by molar-refractivity contribution is -0.384. The van der Waals surface area contributed by atoms with Crippen molar-refractivity contribution in [3.8, 4) is 0 Å². The molecule has 0 saturated carbocycles. The third kappa shape index (κ3) is 2.76. The maximum atomic E-state index is 11.4. The highest BCUT2D eigenvalue weighted by atomic mass is 16.6. The van der Waals surface area contributed by atoms with Crippen molar-refractivity contribution in [2.45, 2.75) is 6.92 Å². The van der Waals surface area contributed by atoms with Crippen LogP contribution in [0.2, 0.25) is 0 Å². The average molecular weight is 260 g/mol. The molecule has 0 spiro atoms. The van der Waals surface area contributed by atoms with Gasteiger partial charge in [-0.05, 0) is 13.0 Å². The summed E-state index contributed by atoms with van der Waals surface area (Å²) in [6.07, 6.45) is 0. The largest absolute Gasteiger partial charge is 0.315 e. The Kier molecular flexibility index (Phi) is 3.28. The zero-order valence-electron chi connectivity index (χ0n) is 10.5. The molecule has 98 valence electrons. The number of nitro groups is 1. The summed E-state index contributed by atoms with van der Waals surface area (Å²) in [5.41, 5.74) is 0.873. The van der Waals surface area contributed by atoms with Crippen LogP contribution >= 0.6 is 0 Å². The fourth-order valence-corrected chi connectivity index (χ4v) is 1.66. The number of H-pyrrole nitrogens is 1. The van der Waals surface area contributed by atoms with Crippen LogP contribution in [0.25, 0.3) is 0 Å². The molecule has 7 heteroatoms. The van der Waals surface area contributed by atoms with Gasteiger partial charge in [0.25, 0.3) is 11.2 Å². The zero-order chi connectivity index (χ0) is 14.0. The van der Waals surface area contributed by atoms with E-state index in [9.17, 15) is 14.9 Å². The SMILES string of the molecule is Cc1cc(=O)[nH]c(N(C)c2cccc([N+](=O)[O-])c2)n1. The van der Waals surface area contributed by atoms with Crippen molar-refractivity contribution in [1.82, 2.24) is 9.97 Å². The maximum absolute atomic E-state index is 11.4. The standard InChI is InChI=1S/C12H12N4O3/c1-8-6-11(17)14-12(13-8)15(2)9-4-3-5-10(7-9)16(18)19/h3-7H,1-2H3,(H,13,14,17). The Morgan fingerprint density at radius 1 is 1.37 bits per heavy atom. The second-order valence-electron chi connectivity index (χ2n) is 4.05. The number of aryl methyl sites for hydroxylation is 1. The third-order valence-corrected chi connectivity index (χ3v) is 2.60. The van der Waals surface area contributed by atoms with E-state index in [0.29, 0.717) is 17.3 Å². The Morgan fingerprint density at radius 2 is 2.11 bits per heavy atom. The molecule has 1 heterocycles. The van der Waals surface area contributed by atoms with Crippen molar-refractivity contribution < 1.29 is 4.92 Å². The highest BCUT2D eigenvalue weighted by molar-refractivity contribution is 5.59. The fraction of sp³-hybridized carbons (Fsp3) is 0.167. The fourth-order valence-electron chi connectivity index (χ4n) is 1.66. The number of aromatic amines is 1. The van der Waals surface area contributed by atoms with Gasteiger partial charge in [-0.1, -0.05) is 6.07 Å². The van der Waals surface area contributed by atoms with E-state index in [1.54, 1.807) is 31.0 Å². The monoisotopic (exact) mass is 260 g/mol. The molecule has 7 nitrogen and oxygen atoms in total. The van der Waals surface area contributed by atoms with Gasteiger partial charge in [0.1, 0.15) is 0 Å². The van der Waals surface area contributed by atoms with Gasteiger partial charge in [0.05, 0.1) is 10.6 Å². The second kappa shape index (κ2) is 4.89. The van der Waals surface area contributed by atoms with Crippen molar-refractivity contribution in [2.75, 3.05) is 11.9 Å². The van der Waals surface area contributed by atoms with Crippen LogP contribution in [0.5, 0.6) is 0 Å². The normalized spacial score (nSPS) is 10.2. The summed E-state index contributed by atoms with van der Waals surface area (Å²) < 4.78 is 0. The lowest BCUT2D eigenvalue weighted by Crippen LogP contribution is -2.18. The highest BCUT2D eigenvalue weighted by Crippen LogP contribution is 2.23. The molecule has 1 N–H and O–H groups in total. The van der Waals surface area contributed by atoms with Gasteiger partial charge in [0, 0.05) is 30.9 Å². The molecule has 0 aliphatic carbocycles. The van der Waals surface area contributed by atoms with E-state index in [1.807, 2.05) is 0 Å². The van der Waals surface area contributed by atoms with Gasteiger partial charge < -0.3 is 4.90 Å². The average Bonchev–Trinajstić information content (AvgIpc) is 2.37. The molecule has 0 bridgehead atoms. The van der Waals surface area contributed by atoms with Crippen LogP contribution in [0, 0.1) is 17.0 Å². The van der Waals surface area contributed by atoms with Crippen molar-refractivity contribution in [3.05, 3.63) is 56.5 Å². The number of nitro benzene ring substituents is 1. The first-order valence-corrected chi connectivity index (χ1v) is 5.53. The molecule has 2 aromatic rings. The minimum absolute atomic E-state index is 0.0145. The first kappa shape index (κ1) is 12.7. The number of hydrogen-bond acceptors (Lipinski definition) is 5. The molecule has 0 unspecified atom stereocenters. The van der Waals surface area contributed by atoms with E-state index in [2.05, 4.69) is 9.97 Å². The van der Waals surface area contributed by atoms with Crippen LogP contribution in [0.15, 0.2) is 35.1 Å². The molecule has 19 heavy (non-hydrogen) atoms. The van der Waals surface area contributed by atoms with E-state index in [-0.39, 0.29) is 11.2 Å². The van der Waals surface area contributed by atoms with Gasteiger partial charge in [-0.2, -0.15) is 0 Å². The van der Waals surface area contributed by atoms with Crippen LogP contribution in [-0.2, 0) is 0 Å². The van der Waals surface area contributed by atoms with Crippen LogP contribution in [-0.4, -0.2) is 21.9 Å². The van der Waals surface area contributed by atoms with Gasteiger partial charge in [-0.3, -0.25) is 19.9 Å². The van der Waals surface area contributed by atoms with Gasteiger partial charge in [-0.25, -0.2) is 4.98 Å². The Hall–Kier alpha value is -2.70. The number of nitrogens with zero attached hydrogens (tertiary/aromatic N) is 3. The summed E-state index contributed by atoms with van der Waals surface area (Å²) >= 11 is 0. The molecule has 0 radical (unpaired) electrons. The van der Waals surface area contributed by atoms with E-state index in [0.717, 1.165) is 0 Å². The molecule has 1 aromatic carbocycles. The van der Waals surface area contributed by atoms with E-state index < -0.39 is 4.92 Å². The molecule has 0 fully saturated rings. The molecule has 0 saturated heterocycles. The Balaban J connectivity index is 2.43. The first-order chi connectivity index (χ1) is 8.97. The number of nitrogens with one attached hydrogen (secondary N) is 1. The predicted octanol–water partition coefficient (Wildman–Crippen LogP) is 1.75. The number of aromatic nitrogens is 2. The minimum atomic E-state index is -0.468. The lowest BCUT2D eigenvalue weighted by atomic mass is 10.2. The number of anilines is 2. The summed E-state index contributed by atoms with van der Waals surface area (Å²) in [6.45, 7) is 1.71. The van der Waals surface area contributed by atoms with E-state index in [1.165, 1.54) is 18.2 Å². The molecule has 1 aromatic heterocycles. The van der Waals surface area contributed by atoms with Crippen LogP contribution in [0.4, 0.5) is 17.3 Å². The van der Waals surface area contributed by atoms with Crippen LogP contribution in [0.3, 0.4) is 0 Å². The number of non-ortho nitro benzene ring substituents is 1. The Labute approximate surface area is 108 Å². The molecule has 0 atom stereocenters. The Bertz CT molecular complexity index is 681. The van der Waals surface area contributed by atoms with E-state index in [4.69, 9.17) is 0 Å². The van der Waals surface area contributed by atoms with Crippen molar-refractivity contribution in [1.29, 1.82) is 0 Å². The van der Waals surface area contributed by atoms with Crippen LogP contribution in [0.1, 0.15) is 5.69 Å². The number of benzene rings is 1. The topological polar surface area (TPSA) is 92.1 Å². The summed E-state index contributed by atoms with van der Waals surface area (Å²) in [7, 11) is 1.68. The molecule has 0 aliphatic heterocycles. The second-order valence-corrected chi connectivity index (χ2v) is 4.05. The zero-order valence-corrected chi connectivity index (χ0v) is 10.5. The van der Waals surface area contributed by atoms with Gasteiger partial charge in [0.2, 0.25) is 5.95 Å². The molecule has 0 aliphatic rings. The molecule has 2 rings (SSSR count). The predicted molar refractivity (Wildman–Crippen MR) is 70.8 cm³/mol. The van der Waals surface area contributed by atoms with Gasteiger partial charge in [-0.15, -0.1) is 0 Å². The van der Waals surface area contributed by atoms with Crippen molar-refractivity contribution in [2.24, 2.45) is 0 Å². The summed E-state index contributed by atoms with van der Waals surface area (Å²) in [5, 5.41) is 10.7. The molecular weight excluding hydrogens is 248 g/mol. The summed E-state index contributed by atoms with van der Waals surface area (Å²) in [6, 6.07) is 7.49. The van der Waals surface area contributed by atoms with Gasteiger partial charge >= 0.3 is 0 Å². The lowest BCUT2D eigenvalue weighted by Gasteiger charge is -2.17. The minimum Gasteiger partial charge on any atom is -0.315 e. The molecular formula is C12H12N4O3. The van der Waals surface area contributed by atoms with E-state index >= 15 is 0 Å². The van der Waals surface area contributed by atoms with Crippen LogP contribution < -0.4 is 10.5 Å². The van der Waals surface area contributed by atoms with Crippen molar-refractivity contribution in [3.63, 3.8) is 0 Å². The summed E-state index contributed by atoms with van der Waals surface area (Å²) in [4.78, 5) is 30.0. The Morgan fingerprint density at radius 3 is 2.74 bits per heavy atom. The summed E-state index contributed by atoms with van der Waals surface area (Å²) in [5.74, 6) is 0.338. The van der Waals surface area contributed by atoms with Gasteiger partial charge in [0.15, 0.2) is 0 Å². The highest BCUT2D eigenvalue weighted by Gasteiger charge is 2.11. The number of hydrogen-bond donors (Lipinski definition) is 1. The van der Waals surface area contributed by atoms with Crippen molar-refractivity contribution >= 4 is 17.3 Å². The maximum Gasteiger partial charge on any atom is 0.271 e. The molecule has 0 amide bonds.